The fourth-order valence-corrected chi connectivity index (χ4v) is 1.78. The molecule has 1 unspecified atom stereocenters. The minimum Gasteiger partial charge on any atom is -0.486 e. The molecule has 5 nitrogen and oxygen atoms in total. The van der Waals surface area contributed by atoms with Gasteiger partial charge in [0.05, 0.1) is 6.42 Å². The number of fused-ring (bicyclic) bond motifs is 1. The Morgan fingerprint density at radius 1 is 1.47 bits per heavy atom. The van der Waals surface area contributed by atoms with Crippen LogP contribution < -0.4 is 14.8 Å². The van der Waals surface area contributed by atoms with Crippen LogP contribution in [-0.4, -0.2) is 36.9 Å². The Morgan fingerprint density at radius 3 is 3.00 bits per heavy atom. The first-order valence-corrected chi connectivity index (χ1v) is 5.98. The van der Waals surface area contributed by atoms with Crippen LogP contribution in [-0.2, 0) is 4.79 Å². The summed E-state index contributed by atoms with van der Waals surface area (Å²) < 4.78 is 11.4. The molecule has 0 fully saturated rings. The van der Waals surface area contributed by atoms with Gasteiger partial charge in [-0.2, -0.15) is 0 Å². The molecule has 0 aliphatic carbocycles. The number of benzene rings is 1. The lowest BCUT2D eigenvalue weighted by molar-refractivity contribution is -0.136. The van der Waals surface area contributed by atoms with Crippen molar-refractivity contribution in [1.29, 1.82) is 0 Å². The van der Waals surface area contributed by atoms with E-state index >= 15 is 0 Å². The van der Waals surface area contributed by atoms with Crippen LogP contribution in [0.15, 0.2) is 18.2 Å². The summed E-state index contributed by atoms with van der Waals surface area (Å²) in [5, 5.41) is 11.6. The summed E-state index contributed by atoms with van der Waals surface area (Å²) in [4.78, 5) is 10.4. The van der Waals surface area contributed by atoms with Gasteiger partial charge in [0, 0.05) is 13.1 Å². The summed E-state index contributed by atoms with van der Waals surface area (Å²) >= 11 is 0. The Balaban J connectivity index is 0.00000180. The van der Waals surface area contributed by atoms with Crippen molar-refractivity contribution in [3.63, 3.8) is 0 Å². The molecule has 0 radical (unpaired) electrons. The number of halogens is 1. The molecule has 1 heterocycles. The van der Waals surface area contributed by atoms with Gasteiger partial charge in [0.2, 0.25) is 0 Å². The second kappa shape index (κ2) is 7.21. The van der Waals surface area contributed by atoms with Gasteiger partial charge >= 0.3 is 5.97 Å². The molecule has 1 aromatic carbocycles. The molecule has 1 aliphatic heterocycles. The van der Waals surface area contributed by atoms with Crippen molar-refractivity contribution in [2.24, 2.45) is 0 Å². The fourth-order valence-electron chi connectivity index (χ4n) is 1.78. The number of hydrogen-bond acceptors (Lipinski definition) is 4. The van der Waals surface area contributed by atoms with Crippen molar-refractivity contribution in [3.8, 4) is 11.5 Å². The summed E-state index contributed by atoms with van der Waals surface area (Å²) in [7, 11) is 0. The first-order valence-electron chi connectivity index (χ1n) is 5.98. The van der Waals surface area contributed by atoms with Crippen molar-refractivity contribution in [1.82, 2.24) is 5.32 Å². The van der Waals surface area contributed by atoms with E-state index in [0.717, 1.165) is 17.1 Å². The third-order valence-electron chi connectivity index (χ3n) is 2.71. The maximum Gasteiger partial charge on any atom is 0.304 e. The van der Waals surface area contributed by atoms with Crippen LogP contribution in [0.4, 0.5) is 0 Å². The molecule has 1 aromatic rings. The zero-order chi connectivity index (χ0) is 13.0. The van der Waals surface area contributed by atoms with E-state index in [-0.39, 0.29) is 24.9 Å². The first-order chi connectivity index (χ1) is 8.65. The van der Waals surface area contributed by atoms with Crippen LogP contribution in [0.25, 0.3) is 0 Å². The highest BCUT2D eigenvalue weighted by atomic mass is 35.5. The zero-order valence-corrected chi connectivity index (χ0v) is 11.5. The first kappa shape index (κ1) is 15.6. The van der Waals surface area contributed by atoms with Gasteiger partial charge in [-0.1, -0.05) is 6.07 Å². The number of rotatable bonds is 5. The number of carboxylic acid groups (broad SMARTS) is 1. The standard InChI is InChI=1S/C13H17NO4.ClH/c1-9-2-3-11-12(6-9)17-8-10(18-11)7-14-5-4-13(15)16;/h2-3,6,10,14H,4-5,7-8H2,1H3,(H,15,16);1H. The fraction of sp³-hybridized carbons (Fsp3) is 0.462. The van der Waals surface area contributed by atoms with Gasteiger partial charge in [0.15, 0.2) is 11.5 Å². The maximum atomic E-state index is 10.4. The smallest absolute Gasteiger partial charge is 0.304 e. The lowest BCUT2D eigenvalue weighted by Gasteiger charge is -2.26. The second-order valence-electron chi connectivity index (χ2n) is 4.35. The van der Waals surface area contributed by atoms with Gasteiger partial charge in [-0.15, -0.1) is 12.4 Å². The Morgan fingerprint density at radius 2 is 2.26 bits per heavy atom. The predicted molar refractivity (Wildman–Crippen MR) is 73.5 cm³/mol. The average Bonchev–Trinajstić information content (AvgIpc) is 2.34. The normalized spacial score (nSPS) is 16.6. The van der Waals surface area contributed by atoms with Crippen LogP contribution in [0.1, 0.15) is 12.0 Å². The Bertz CT molecular complexity index is 439. The average molecular weight is 288 g/mol. The third kappa shape index (κ3) is 4.61. The van der Waals surface area contributed by atoms with E-state index in [1.807, 2.05) is 25.1 Å². The van der Waals surface area contributed by atoms with E-state index in [4.69, 9.17) is 14.6 Å². The Kier molecular flexibility index (Phi) is 5.92. The highest BCUT2D eigenvalue weighted by molar-refractivity contribution is 5.85. The molecule has 0 aromatic heterocycles. The Labute approximate surface area is 118 Å². The molecule has 6 heteroatoms. The summed E-state index contributed by atoms with van der Waals surface area (Å²) in [6.07, 6.45) is 0.0394. The third-order valence-corrected chi connectivity index (χ3v) is 2.71. The number of hydrogen-bond donors (Lipinski definition) is 2. The molecule has 0 amide bonds. The van der Waals surface area contributed by atoms with Crippen molar-refractivity contribution in [3.05, 3.63) is 23.8 Å². The molecule has 19 heavy (non-hydrogen) atoms. The number of ether oxygens (including phenoxy) is 2. The largest absolute Gasteiger partial charge is 0.486 e. The van der Waals surface area contributed by atoms with Gasteiger partial charge in [-0.3, -0.25) is 4.79 Å². The maximum absolute atomic E-state index is 10.4. The van der Waals surface area contributed by atoms with Crippen molar-refractivity contribution >= 4 is 18.4 Å². The van der Waals surface area contributed by atoms with Gasteiger partial charge in [0.25, 0.3) is 0 Å². The number of aliphatic carboxylic acids is 1. The number of carbonyl (C=O) groups is 1. The van der Waals surface area contributed by atoms with Crippen LogP contribution in [0, 0.1) is 6.92 Å². The van der Waals surface area contributed by atoms with E-state index in [2.05, 4.69) is 5.32 Å². The van der Waals surface area contributed by atoms with E-state index in [9.17, 15) is 4.79 Å². The quantitative estimate of drug-likeness (QED) is 0.806. The van der Waals surface area contributed by atoms with Crippen LogP contribution >= 0.6 is 12.4 Å². The second-order valence-corrected chi connectivity index (χ2v) is 4.35. The predicted octanol–water partition coefficient (Wildman–Crippen LogP) is 1.62. The highest BCUT2D eigenvalue weighted by Crippen LogP contribution is 2.32. The number of nitrogens with one attached hydrogen (secondary N) is 1. The Hall–Kier alpha value is -1.46. The number of aryl methyl sites for hydroxylation is 1. The van der Waals surface area contributed by atoms with Gasteiger partial charge < -0.3 is 19.9 Å². The summed E-state index contributed by atoms with van der Waals surface area (Å²) in [6, 6.07) is 5.82. The number of carboxylic acids is 1. The molecule has 0 saturated heterocycles. The van der Waals surface area contributed by atoms with E-state index in [0.29, 0.717) is 19.7 Å². The van der Waals surface area contributed by atoms with Crippen molar-refractivity contribution in [2.75, 3.05) is 19.7 Å². The molecule has 0 bridgehead atoms. The molecule has 1 atom stereocenters. The van der Waals surface area contributed by atoms with Gasteiger partial charge in [-0.05, 0) is 24.6 Å². The molecule has 2 rings (SSSR count). The van der Waals surface area contributed by atoms with Crippen LogP contribution in [0.2, 0.25) is 0 Å². The van der Waals surface area contributed by atoms with Gasteiger partial charge in [0.1, 0.15) is 12.7 Å². The topological polar surface area (TPSA) is 67.8 Å². The lowest BCUT2D eigenvalue weighted by Crippen LogP contribution is -2.39. The molecule has 0 spiro atoms. The molecule has 106 valence electrons. The van der Waals surface area contributed by atoms with Crippen LogP contribution in [0.5, 0.6) is 11.5 Å². The minimum atomic E-state index is -0.802. The summed E-state index contributed by atoms with van der Waals surface area (Å²) in [5.41, 5.74) is 1.13. The molecule has 2 N–H and O–H groups in total. The summed E-state index contributed by atoms with van der Waals surface area (Å²) in [5.74, 6) is 0.720. The van der Waals surface area contributed by atoms with E-state index in [1.165, 1.54) is 0 Å². The van der Waals surface area contributed by atoms with Crippen molar-refractivity contribution < 1.29 is 19.4 Å². The highest BCUT2D eigenvalue weighted by Gasteiger charge is 2.20. The monoisotopic (exact) mass is 287 g/mol. The van der Waals surface area contributed by atoms with E-state index in [1.54, 1.807) is 0 Å². The minimum absolute atomic E-state index is 0. The van der Waals surface area contributed by atoms with Gasteiger partial charge in [-0.25, -0.2) is 0 Å². The molecule has 0 saturated carbocycles. The molecular formula is C13H18ClNO4. The van der Waals surface area contributed by atoms with Crippen molar-refractivity contribution in [2.45, 2.75) is 19.4 Å². The summed E-state index contributed by atoms with van der Waals surface area (Å²) in [6.45, 7) is 3.51. The zero-order valence-electron chi connectivity index (χ0n) is 10.7. The van der Waals surface area contributed by atoms with E-state index < -0.39 is 5.97 Å². The SMILES string of the molecule is Cc1ccc2c(c1)OCC(CNCCC(=O)O)O2.Cl. The molecular weight excluding hydrogens is 270 g/mol. The molecule has 1 aliphatic rings. The lowest BCUT2D eigenvalue weighted by atomic mass is 10.2. The van der Waals surface area contributed by atoms with Crippen LogP contribution in [0.3, 0.4) is 0 Å².